The van der Waals surface area contributed by atoms with Gasteiger partial charge in [0.15, 0.2) is 31.0 Å². The maximum absolute atomic E-state index is 8.17. The van der Waals surface area contributed by atoms with Crippen LogP contribution in [0.15, 0.2) is 338 Å². The van der Waals surface area contributed by atoms with Crippen LogP contribution in [0, 0.1) is 82.7 Å². The molecule has 10 aromatic heterocycles. The zero-order valence-electron chi connectivity index (χ0n) is 93.8. The average molecular weight is 1790 g/mol. The molecule has 0 spiro atoms. The molecule has 0 saturated carbocycles. The van der Waals surface area contributed by atoms with E-state index in [4.69, 9.17) is 42.6 Å². The Labute approximate surface area is 813 Å². The lowest BCUT2D eigenvalue weighted by atomic mass is 9.88. The predicted octanol–water partition coefficient (Wildman–Crippen LogP) is 31.2. The van der Waals surface area contributed by atoms with Gasteiger partial charge in [-0.15, -0.1) is 0 Å². The summed E-state index contributed by atoms with van der Waals surface area (Å²) in [5.74, 6) is 0. The standard InChI is InChI=1S/C27H26NO.3C25H22NO.C24H20NO/c1-17-10-12-21-22-14-18-8-6-7-9-19(18)15-24(22)29-26(21)25(17)23-13-11-20(16-28(23)5)27(2,3)4;1-15-9-10-20-21-12-18-7-5-6-8-19(18)13-23(21)27-25(20)24(15)22-11-16(2)17(3)14-26(22)4;1-15-9-10-21(26(4)14-15)24-17(3)11-16(2)23-20-12-18-7-5-6-8-19(18)13-22(20)27-25(23)24;1-15-9-10-26(4)21(11-15)24-17(3)12-16(2)23-20-13-18-7-5-6-8-19(18)14-22(20)27-25(23)24;1-15-12-16(2)23(20-10-6-7-11-25(20)3)24-22(15)19-13-17-8-4-5-9-18(17)14-21(19)26-24/h6-16H,1-5H3;3*5-14H,1-4H3;4-14H,1-3H3/q5*+1/i;3D3;1D3,2D3;2D3;1D3. The van der Waals surface area contributed by atoms with Crippen LogP contribution in [0.1, 0.15) is 114 Å². The Morgan fingerprint density at radius 3 is 0.941 bits per heavy atom. The van der Waals surface area contributed by atoms with Crippen LogP contribution >= 0.6 is 0 Å². The minimum Gasteiger partial charge on any atom is -0.455 e. The van der Waals surface area contributed by atoms with Crippen LogP contribution in [0.4, 0.5) is 0 Å². The quantitative estimate of drug-likeness (QED) is 0.160. The summed E-state index contributed by atoms with van der Waals surface area (Å²) < 4.78 is 162. The molecule has 10 heteroatoms. The summed E-state index contributed by atoms with van der Waals surface area (Å²) >= 11 is 0. The summed E-state index contributed by atoms with van der Waals surface area (Å²) in [6.07, 6.45) is 9.54. The van der Waals surface area contributed by atoms with Gasteiger partial charge in [0, 0.05) is 134 Å². The van der Waals surface area contributed by atoms with Crippen molar-refractivity contribution < 1.29 is 65.5 Å². The number of pyridine rings is 5. The third-order valence-electron chi connectivity index (χ3n) is 27.1. The summed E-state index contributed by atoms with van der Waals surface area (Å²) in [7, 11) is 9.77. The average Bonchev–Trinajstić information content (AvgIpc) is 1.58. The van der Waals surface area contributed by atoms with Gasteiger partial charge in [0.2, 0.25) is 28.5 Å². The van der Waals surface area contributed by atoms with Crippen LogP contribution in [0.25, 0.3) is 220 Å². The molecule has 0 saturated heterocycles. The van der Waals surface area contributed by atoms with Crippen molar-refractivity contribution in [2.24, 2.45) is 35.2 Å². The van der Waals surface area contributed by atoms with Gasteiger partial charge in [-0.05, 0) is 277 Å². The minimum absolute atomic E-state index is 0.122. The molecule has 0 bridgehead atoms. The monoisotopic (exact) mass is 1790 g/mol. The Balaban J connectivity index is 0.000000110. The Bertz CT molecular complexity index is 9910. The highest BCUT2D eigenvalue weighted by atomic mass is 16.3. The van der Waals surface area contributed by atoms with Gasteiger partial charge < -0.3 is 22.1 Å². The molecule has 0 fully saturated rings. The van der Waals surface area contributed by atoms with Gasteiger partial charge in [-0.1, -0.05) is 185 Å². The van der Waals surface area contributed by atoms with Crippen molar-refractivity contribution in [3.8, 4) is 56.3 Å². The second-order valence-corrected chi connectivity index (χ2v) is 37.6. The molecule has 0 aliphatic carbocycles. The topological polar surface area (TPSA) is 85.1 Å². The first-order valence-electron chi connectivity index (χ1n) is 53.4. The number of hydrogen-bond donors (Lipinski definition) is 0. The number of benzene rings is 15. The van der Waals surface area contributed by atoms with Crippen LogP contribution in [-0.2, 0) is 40.7 Å². The Morgan fingerprint density at radius 2 is 0.551 bits per heavy atom. The molecule has 0 aliphatic heterocycles. The van der Waals surface area contributed by atoms with Crippen molar-refractivity contribution in [3.05, 3.63) is 388 Å². The van der Waals surface area contributed by atoms with Gasteiger partial charge in [-0.3, -0.25) is 0 Å². The number of rotatable bonds is 5. The first-order valence-corrected chi connectivity index (χ1v) is 45.9. The number of hydrogen-bond acceptors (Lipinski definition) is 5. The second-order valence-electron chi connectivity index (χ2n) is 37.6. The van der Waals surface area contributed by atoms with Crippen LogP contribution in [-0.4, -0.2) is 0 Å². The first kappa shape index (κ1) is 71.0. The number of fused-ring (bicyclic) bond motifs is 20. The van der Waals surface area contributed by atoms with E-state index in [0.29, 0.717) is 66.3 Å². The summed E-state index contributed by atoms with van der Waals surface area (Å²) in [5.41, 5.74) is 26.7. The van der Waals surface area contributed by atoms with E-state index in [-0.39, 0.29) is 16.5 Å². The smallest absolute Gasteiger partial charge is 0.216 e. The highest BCUT2D eigenvalue weighted by molar-refractivity contribution is 6.19. The molecule has 0 atom stereocenters. The molecule has 0 unspecified atom stereocenters. The number of nitrogens with zero attached hydrogens (tertiary/aromatic N) is 5. The SMILES string of the molecule is Cc1ccc2c(oc3cc4ccccc4cc32)c1-c1ccc(C(C)(C)C)c[n+]1C.[2H]C([2H])([2H])c1c[n+](C)c(-c2c(C)ccc3c2oc2cc4ccccc4cc23)cc1C.[2H]C([2H])([2H])c1cc(C)c(-c2cc(C)cc[n+]2C)c2oc3cc4ccccc4cc3c12.[2H]C([2H])([2H])c1cc(C)c(-c2cccc[n+]2C)c2oc3cc4ccccc4cc3c12.[2H]C([2H])([2H])c1ccc(-c2c(C)cc(C([2H])([2H])[2H])c3c2oc2cc4ccccc4cc23)[n+](C)c1. The van der Waals surface area contributed by atoms with Crippen LogP contribution in [0.2, 0.25) is 0 Å². The van der Waals surface area contributed by atoms with E-state index in [1.54, 1.807) is 54.3 Å². The molecule has 0 radical (unpaired) electrons. The van der Waals surface area contributed by atoms with Gasteiger partial charge in [-0.2, -0.15) is 0 Å². The van der Waals surface area contributed by atoms with E-state index >= 15 is 0 Å². The van der Waals surface area contributed by atoms with Gasteiger partial charge >= 0.3 is 0 Å². The lowest BCUT2D eigenvalue weighted by molar-refractivity contribution is -0.661. The summed E-state index contributed by atoms with van der Waals surface area (Å²) in [6.45, 7) is 9.48. The first-order chi connectivity index (χ1) is 71.6. The summed E-state index contributed by atoms with van der Waals surface area (Å²) in [5, 5.41) is 19.9. The lowest BCUT2D eigenvalue weighted by Gasteiger charge is -2.17. The molecule has 0 N–H and O–H groups in total. The maximum atomic E-state index is 8.17. The molecule has 0 amide bonds. The van der Waals surface area contributed by atoms with E-state index in [1.165, 1.54) is 49.3 Å². The molecule has 15 aromatic carbocycles. The molecule has 25 aromatic rings. The van der Waals surface area contributed by atoms with Gasteiger partial charge in [0.05, 0.1) is 27.8 Å². The van der Waals surface area contributed by atoms with Crippen molar-refractivity contribution in [2.45, 2.75) is 109 Å². The van der Waals surface area contributed by atoms with Crippen molar-refractivity contribution in [1.82, 2.24) is 0 Å². The highest BCUT2D eigenvalue weighted by Gasteiger charge is 2.30. The van der Waals surface area contributed by atoms with E-state index in [1.807, 2.05) is 221 Å². The third kappa shape index (κ3) is 15.4. The van der Waals surface area contributed by atoms with Gasteiger partial charge in [-0.25, -0.2) is 22.8 Å². The molecule has 0 aliphatic rings. The number of furan rings is 5. The fourth-order valence-corrected chi connectivity index (χ4v) is 20.0. The molecule has 25 rings (SSSR count). The maximum Gasteiger partial charge on any atom is 0.216 e. The molecule has 10 nitrogen and oxygen atoms in total. The minimum atomic E-state index is -2.32. The largest absolute Gasteiger partial charge is 0.455 e. The van der Waals surface area contributed by atoms with Crippen LogP contribution < -0.4 is 22.8 Å². The molecule has 10 heterocycles. The number of aryl methyl sites for hydroxylation is 17. The second kappa shape index (κ2) is 34.1. The number of aromatic nitrogens is 5. The zero-order chi connectivity index (χ0) is 107. The lowest BCUT2D eigenvalue weighted by Crippen LogP contribution is -2.33. The molecule has 136 heavy (non-hydrogen) atoms. The van der Waals surface area contributed by atoms with Crippen LogP contribution in [0.3, 0.4) is 0 Å². The summed E-state index contributed by atoms with van der Waals surface area (Å²) in [4.78, 5) is 0. The van der Waals surface area contributed by atoms with Gasteiger partial charge in [0.1, 0.15) is 91.1 Å². The zero-order valence-corrected chi connectivity index (χ0v) is 78.8. The Kier molecular flexibility index (Phi) is 17.8. The summed E-state index contributed by atoms with van der Waals surface area (Å²) in [6, 6.07) is 95.2. The fourth-order valence-electron chi connectivity index (χ4n) is 20.0. The van der Waals surface area contributed by atoms with E-state index in [9.17, 15) is 0 Å². The van der Waals surface area contributed by atoms with Crippen molar-refractivity contribution in [3.63, 3.8) is 0 Å². The third-order valence-corrected chi connectivity index (χ3v) is 27.1. The van der Waals surface area contributed by atoms with E-state index < -0.39 is 34.3 Å². The molecular formula is C126H112N5O5+5. The fraction of sp³-hybridized carbons (Fsp3) is 0.167. The van der Waals surface area contributed by atoms with Crippen LogP contribution in [0.5, 0.6) is 0 Å². The van der Waals surface area contributed by atoms with Crippen molar-refractivity contribution in [2.75, 3.05) is 0 Å². The molecular weight excluding hydrogens is 1660 g/mol. The molecule has 666 valence electrons. The van der Waals surface area contributed by atoms with Gasteiger partial charge in [0.25, 0.3) is 0 Å². The Morgan fingerprint density at radius 1 is 0.221 bits per heavy atom. The van der Waals surface area contributed by atoms with Crippen molar-refractivity contribution in [1.29, 1.82) is 0 Å². The normalized spacial score (nSPS) is 13.9. The highest BCUT2D eigenvalue weighted by Crippen LogP contribution is 2.47. The predicted molar refractivity (Wildman–Crippen MR) is 565 cm³/mol. The van der Waals surface area contributed by atoms with Crippen molar-refractivity contribution >= 4 is 164 Å². The van der Waals surface area contributed by atoms with E-state index in [2.05, 4.69) is 169 Å². The van der Waals surface area contributed by atoms with E-state index in [0.717, 1.165) is 165 Å². The Hall–Kier alpha value is -15.7.